The smallest absolute Gasteiger partial charge is 0.218 e. The van der Waals surface area contributed by atoms with Gasteiger partial charge in [0.2, 0.25) is 5.88 Å². The number of aliphatic hydroxyl groups is 1. The summed E-state index contributed by atoms with van der Waals surface area (Å²) in [6.07, 6.45) is 5.06. The molecule has 94 valence electrons. The molecule has 0 spiro atoms. The van der Waals surface area contributed by atoms with E-state index in [1.54, 1.807) is 0 Å². The number of ether oxygens (including phenoxy) is 1. The summed E-state index contributed by atoms with van der Waals surface area (Å²) in [4.78, 5) is 8.19. The summed E-state index contributed by atoms with van der Waals surface area (Å²) in [7, 11) is 0. The Morgan fingerprint density at radius 3 is 2.82 bits per heavy atom. The average Bonchev–Trinajstić information content (AvgIpc) is 2.33. The van der Waals surface area contributed by atoms with Gasteiger partial charge in [0.15, 0.2) is 0 Å². The average molecular weight is 237 g/mol. The van der Waals surface area contributed by atoms with Crippen molar-refractivity contribution in [3.05, 3.63) is 12.4 Å². The second-order valence-corrected chi connectivity index (χ2v) is 4.32. The molecule has 1 aliphatic rings. The fourth-order valence-corrected chi connectivity index (χ4v) is 2.07. The van der Waals surface area contributed by atoms with Crippen LogP contribution in [0.3, 0.4) is 0 Å². The van der Waals surface area contributed by atoms with Crippen molar-refractivity contribution in [1.82, 2.24) is 9.97 Å². The minimum absolute atomic E-state index is 0.127. The molecule has 0 aromatic carbocycles. The van der Waals surface area contributed by atoms with Gasteiger partial charge in [-0.1, -0.05) is 0 Å². The Kier molecular flexibility index (Phi) is 4.14. The van der Waals surface area contributed by atoms with E-state index in [0.29, 0.717) is 18.5 Å². The third-order valence-corrected chi connectivity index (χ3v) is 2.98. The summed E-state index contributed by atoms with van der Waals surface area (Å²) >= 11 is 0. The molecule has 1 aromatic heterocycles. The van der Waals surface area contributed by atoms with Gasteiger partial charge >= 0.3 is 0 Å². The van der Waals surface area contributed by atoms with Gasteiger partial charge in [-0.05, 0) is 32.6 Å². The Morgan fingerprint density at radius 2 is 2.12 bits per heavy atom. The molecule has 0 saturated heterocycles. The molecule has 2 rings (SSSR count). The summed E-state index contributed by atoms with van der Waals surface area (Å²) in [5, 5.41) is 12.8. The van der Waals surface area contributed by atoms with Gasteiger partial charge in [0.1, 0.15) is 12.1 Å². The van der Waals surface area contributed by atoms with Crippen molar-refractivity contribution >= 4 is 5.82 Å². The highest BCUT2D eigenvalue weighted by Crippen LogP contribution is 2.22. The van der Waals surface area contributed by atoms with Crippen LogP contribution < -0.4 is 10.1 Å². The maximum atomic E-state index is 9.43. The predicted molar refractivity (Wildman–Crippen MR) is 65.1 cm³/mol. The first-order chi connectivity index (χ1) is 8.28. The Bertz CT molecular complexity index is 351. The van der Waals surface area contributed by atoms with Crippen LogP contribution in [-0.2, 0) is 0 Å². The number of aromatic nitrogens is 2. The van der Waals surface area contributed by atoms with Crippen molar-refractivity contribution in [1.29, 1.82) is 0 Å². The second-order valence-electron chi connectivity index (χ2n) is 4.32. The van der Waals surface area contributed by atoms with E-state index in [1.165, 1.54) is 6.33 Å². The van der Waals surface area contributed by atoms with Crippen molar-refractivity contribution in [2.24, 2.45) is 0 Å². The fraction of sp³-hybridized carbons (Fsp3) is 0.667. The van der Waals surface area contributed by atoms with Crippen molar-refractivity contribution in [3.8, 4) is 5.88 Å². The third kappa shape index (κ3) is 3.56. The summed E-state index contributed by atoms with van der Waals surface area (Å²) in [6, 6.07) is 2.21. The molecule has 0 aliphatic heterocycles. The SMILES string of the molecule is CCOc1cc(NC2CCC(O)CC2)ncn1. The molecule has 1 aliphatic carbocycles. The van der Waals surface area contributed by atoms with Crippen LogP contribution in [0.2, 0.25) is 0 Å². The van der Waals surface area contributed by atoms with Crippen molar-refractivity contribution < 1.29 is 9.84 Å². The monoisotopic (exact) mass is 237 g/mol. The third-order valence-electron chi connectivity index (χ3n) is 2.98. The zero-order valence-corrected chi connectivity index (χ0v) is 10.1. The van der Waals surface area contributed by atoms with Crippen LogP contribution in [0.5, 0.6) is 5.88 Å². The standard InChI is InChI=1S/C12H19N3O2/c1-2-17-12-7-11(13-8-14-12)15-9-3-5-10(16)6-4-9/h7-10,16H,2-6H2,1H3,(H,13,14,15). The summed E-state index contributed by atoms with van der Waals surface area (Å²) in [5.41, 5.74) is 0. The molecule has 5 nitrogen and oxygen atoms in total. The van der Waals surface area contributed by atoms with Gasteiger partial charge in [-0.25, -0.2) is 9.97 Å². The molecule has 1 saturated carbocycles. The Morgan fingerprint density at radius 1 is 1.35 bits per heavy atom. The normalized spacial score (nSPS) is 24.4. The van der Waals surface area contributed by atoms with E-state index < -0.39 is 0 Å². The first kappa shape index (κ1) is 12.1. The molecule has 0 unspecified atom stereocenters. The minimum Gasteiger partial charge on any atom is -0.478 e. The van der Waals surface area contributed by atoms with Crippen LogP contribution in [0.25, 0.3) is 0 Å². The van der Waals surface area contributed by atoms with E-state index in [2.05, 4.69) is 15.3 Å². The van der Waals surface area contributed by atoms with Crippen molar-refractivity contribution in [3.63, 3.8) is 0 Å². The zero-order chi connectivity index (χ0) is 12.1. The van der Waals surface area contributed by atoms with Crippen LogP contribution in [-0.4, -0.2) is 33.8 Å². The molecular weight excluding hydrogens is 218 g/mol. The lowest BCUT2D eigenvalue weighted by molar-refractivity contribution is 0.126. The van der Waals surface area contributed by atoms with Gasteiger partial charge in [0, 0.05) is 12.1 Å². The number of aliphatic hydroxyl groups excluding tert-OH is 1. The van der Waals surface area contributed by atoms with Gasteiger partial charge < -0.3 is 15.2 Å². The van der Waals surface area contributed by atoms with Gasteiger partial charge in [-0.3, -0.25) is 0 Å². The first-order valence-corrected chi connectivity index (χ1v) is 6.17. The van der Waals surface area contributed by atoms with Gasteiger partial charge in [0.25, 0.3) is 0 Å². The molecule has 1 heterocycles. The van der Waals surface area contributed by atoms with E-state index >= 15 is 0 Å². The molecule has 2 N–H and O–H groups in total. The van der Waals surface area contributed by atoms with Crippen molar-refractivity contribution in [2.45, 2.75) is 44.8 Å². The molecule has 1 aromatic rings. The number of nitrogens with zero attached hydrogens (tertiary/aromatic N) is 2. The number of nitrogens with one attached hydrogen (secondary N) is 1. The Balaban J connectivity index is 1.91. The van der Waals surface area contributed by atoms with Gasteiger partial charge in [-0.15, -0.1) is 0 Å². The quantitative estimate of drug-likeness (QED) is 0.832. The lowest BCUT2D eigenvalue weighted by Crippen LogP contribution is -2.28. The number of rotatable bonds is 4. The number of anilines is 1. The van der Waals surface area contributed by atoms with Gasteiger partial charge in [0.05, 0.1) is 12.7 Å². The maximum Gasteiger partial charge on any atom is 0.218 e. The van der Waals surface area contributed by atoms with Crippen LogP contribution in [0.15, 0.2) is 12.4 Å². The first-order valence-electron chi connectivity index (χ1n) is 6.17. The Hall–Kier alpha value is -1.36. The van der Waals surface area contributed by atoms with Crippen molar-refractivity contribution in [2.75, 3.05) is 11.9 Å². The highest BCUT2D eigenvalue weighted by molar-refractivity contribution is 5.38. The lowest BCUT2D eigenvalue weighted by Gasteiger charge is -2.26. The van der Waals surface area contributed by atoms with E-state index in [4.69, 9.17) is 4.74 Å². The molecule has 0 bridgehead atoms. The maximum absolute atomic E-state index is 9.43. The molecule has 0 atom stereocenters. The zero-order valence-electron chi connectivity index (χ0n) is 10.1. The minimum atomic E-state index is -0.127. The van der Waals surface area contributed by atoms with E-state index in [9.17, 15) is 5.11 Å². The van der Waals surface area contributed by atoms with E-state index in [0.717, 1.165) is 31.5 Å². The highest BCUT2D eigenvalue weighted by atomic mass is 16.5. The fourth-order valence-electron chi connectivity index (χ4n) is 2.07. The largest absolute Gasteiger partial charge is 0.478 e. The lowest BCUT2D eigenvalue weighted by atomic mass is 9.93. The van der Waals surface area contributed by atoms with Crippen LogP contribution in [0.4, 0.5) is 5.82 Å². The summed E-state index contributed by atoms with van der Waals surface area (Å²) in [6.45, 7) is 2.53. The number of hydrogen-bond donors (Lipinski definition) is 2. The molecule has 5 heteroatoms. The Labute approximate surface area is 101 Å². The highest BCUT2D eigenvalue weighted by Gasteiger charge is 2.19. The number of hydrogen-bond acceptors (Lipinski definition) is 5. The summed E-state index contributed by atoms with van der Waals surface area (Å²) < 4.78 is 5.32. The molecule has 0 amide bonds. The predicted octanol–water partition coefficient (Wildman–Crippen LogP) is 1.59. The van der Waals surface area contributed by atoms with Crippen LogP contribution in [0.1, 0.15) is 32.6 Å². The molecular formula is C12H19N3O2. The second kappa shape index (κ2) is 5.82. The molecule has 0 radical (unpaired) electrons. The molecule has 1 fully saturated rings. The molecule has 17 heavy (non-hydrogen) atoms. The summed E-state index contributed by atoms with van der Waals surface area (Å²) in [5.74, 6) is 1.39. The van der Waals surface area contributed by atoms with E-state index in [1.807, 2.05) is 13.0 Å². The van der Waals surface area contributed by atoms with E-state index in [-0.39, 0.29) is 6.10 Å². The topological polar surface area (TPSA) is 67.3 Å². The van der Waals surface area contributed by atoms with Crippen LogP contribution in [0, 0.1) is 0 Å². The van der Waals surface area contributed by atoms with Gasteiger partial charge in [-0.2, -0.15) is 0 Å². The van der Waals surface area contributed by atoms with Crippen LogP contribution >= 0.6 is 0 Å².